The Labute approximate surface area is 409 Å². The monoisotopic (exact) mass is 905 g/mol. The maximum absolute atomic E-state index is 7.02. The summed E-state index contributed by atoms with van der Waals surface area (Å²) in [6.45, 7) is 23.8. The summed E-state index contributed by atoms with van der Waals surface area (Å²) in [5.74, 6) is 2.42. The highest BCUT2D eigenvalue weighted by Gasteiger charge is 2.35. The second-order valence-electron chi connectivity index (χ2n) is 21.9. The largest absolute Gasteiger partial charge is 0.457 e. The van der Waals surface area contributed by atoms with Crippen molar-refractivity contribution in [3.8, 4) is 28.4 Å². The minimum Gasteiger partial charge on any atom is -0.457 e. The smallest absolute Gasteiger partial charge is 0.137 e. The Kier molecular flexibility index (Phi) is 11.4. The average Bonchev–Trinajstić information content (AvgIpc) is 3.96. The molecule has 0 fully saturated rings. The van der Waals surface area contributed by atoms with Crippen LogP contribution in [-0.4, -0.2) is 16.2 Å². The standard InChI is InChI=1S/C64H64N4O/c1-61(2,3)48-32-33-65-60(39-48)68-57-29-21-20-28-55(57)56-31-30-53(41-58(56)68)69-54-35-45(44-22-14-11-15-23-44)34-51(40-54)66-42-59(62(4,5)6)67(43-66)52-37-49(63(7,8)46-24-16-12-17-25-46)36-50(38-52)64(9,10)47-26-18-13-19-27-47/h11-42H,43H2,1-10H3. The normalized spacial score (nSPS) is 13.6. The number of aromatic nitrogens is 2. The van der Waals surface area contributed by atoms with Gasteiger partial charge in [0, 0.05) is 68.6 Å². The number of nitrogens with zero attached hydrogens (tertiary/aromatic N) is 4. The predicted octanol–water partition coefficient (Wildman–Crippen LogP) is 16.8. The molecule has 5 nitrogen and oxygen atoms in total. The van der Waals surface area contributed by atoms with Gasteiger partial charge >= 0.3 is 0 Å². The highest BCUT2D eigenvalue weighted by Crippen LogP contribution is 2.45. The van der Waals surface area contributed by atoms with Crippen molar-refractivity contribution in [2.75, 3.05) is 16.5 Å². The molecule has 9 aromatic rings. The van der Waals surface area contributed by atoms with Gasteiger partial charge in [0.1, 0.15) is 17.3 Å². The number of rotatable bonds is 10. The van der Waals surface area contributed by atoms with Gasteiger partial charge in [-0.3, -0.25) is 4.57 Å². The second-order valence-corrected chi connectivity index (χ2v) is 21.9. The first-order chi connectivity index (χ1) is 32.9. The highest BCUT2D eigenvalue weighted by molar-refractivity contribution is 6.09. The van der Waals surface area contributed by atoms with Crippen LogP contribution in [0.5, 0.6) is 11.5 Å². The number of ether oxygens (including phenoxy) is 1. The SMILES string of the molecule is CC(C)(C)C1=CN(c2cc(Oc3ccc4c5ccccc5n(-c5cc(C(C)(C)C)ccn5)c4c3)cc(-c3ccccc3)c2)CN1c1cc(C(C)(C)c2ccccc2)cc(C(C)(C)c2ccccc2)c1. The fourth-order valence-electron chi connectivity index (χ4n) is 10.0. The van der Waals surface area contributed by atoms with Crippen molar-refractivity contribution in [1.82, 2.24) is 9.55 Å². The van der Waals surface area contributed by atoms with Crippen LogP contribution in [0.25, 0.3) is 38.8 Å². The van der Waals surface area contributed by atoms with Crippen molar-refractivity contribution >= 4 is 33.2 Å². The summed E-state index contributed by atoms with van der Waals surface area (Å²) in [6.07, 6.45) is 4.28. The number of benzene rings is 7. The third-order valence-corrected chi connectivity index (χ3v) is 14.3. The highest BCUT2D eigenvalue weighted by atomic mass is 16.5. The van der Waals surface area contributed by atoms with Gasteiger partial charge < -0.3 is 14.5 Å². The third kappa shape index (κ3) is 8.72. The van der Waals surface area contributed by atoms with Crippen LogP contribution < -0.4 is 14.5 Å². The Bertz CT molecular complexity index is 3280. The van der Waals surface area contributed by atoms with Gasteiger partial charge in [0.15, 0.2) is 0 Å². The van der Waals surface area contributed by atoms with Crippen LogP contribution in [0, 0.1) is 5.41 Å². The molecule has 0 bridgehead atoms. The summed E-state index contributed by atoms with van der Waals surface area (Å²) in [5.41, 5.74) is 13.6. The van der Waals surface area contributed by atoms with Crippen LogP contribution in [0.3, 0.4) is 0 Å². The van der Waals surface area contributed by atoms with Gasteiger partial charge in [0.25, 0.3) is 0 Å². The number of anilines is 2. The quantitative estimate of drug-likeness (QED) is 0.137. The van der Waals surface area contributed by atoms with Gasteiger partial charge in [0.2, 0.25) is 0 Å². The molecule has 2 aromatic heterocycles. The van der Waals surface area contributed by atoms with Crippen molar-refractivity contribution in [1.29, 1.82) is 0 Å². The number of hydrogen-bond acceptors (Lipinski definition) is 4. The topological polar surface area (TPSA) is 33.5 Å². The molecule has 7 aromatic carbocycles. The van der Waals surface area contributed by atoms with E-state index < -0.39 is 0 Å². The summed E-state index contributed by atoms with van der Waals surface area (Å²) in [7, 11) is 0. The van der Waals surface area contributed by atoms with Crippen molar-refractivity contribution < 1.29 is 4.74 Å². The fraction of sp³-hybridized carbons (Fsp3) is 0.234. The van der Waals surface area contributed by atoms with Crippen LogP contribution in [0.1, 0.15) is 97.1 Å². The summed E-state index contributed by atoms with van der Waals surface area (Å²) >= 11 is 0. The van der Waals surface area contributed by atoms with E-state index in [1.165, 1.54) is 44.6 Å². The van der Waals surface area contributed by atoms with Crippen LogP contribution in [0.15, 0.2) is 200 Å². The van der Waals surface area contributed by atoms with E-state index in [-0.39, 0.29) is 21.7 Å². The van der Waals surface area contributed by atoms with Crippen molar-refractivity contribution in [3.05, 3.63) is 228 Å². The Hall–Kier alpha value is -7.37. The van der Waals surface area contributed by atoms with Crippen LogP contribution in [0.2, 0.25) is 0 Å². The number of hydrogen-bond donors (Lipinski definition) is 0. The number of para-hydroxylation sites is 1. The maximum Gasteiger partial charge on any atom is 0.137 e. The molecule has 0 aliphatic carbocycles. The Morgan fingerprint density at radius 2 is 1.03 bits per heavy atom. The molecule has 3 heterocycles. The molecule has 1 aliphatic heterocycles. The molecule has 1 aliphatic rings. The fourth-order valence-corrected chi connectivity index (χ4v) is 10.0. The molecule has 0 spiro atoms. The molecule has 0 unspecified atom stereocenters. The Balaban J connectivity index is 1.08. The minimum atomic E-state index is -0.246. The van der Waals surface area contributed by atoms with Gasteiger partial charge in [-0.15, -0.1) is 0 Å². The van der Waals surface area contributed by atoms with E-state index in [9.17, 15) is 0 Å². The molecule has 69 heavy (non-hydrogen) atoms. The second kappa shape index (κ2) is 17.3. The zero-order valence-electron chi connectivity index (χ0n) is 41.9. The Morgan fingerprint density at radius 1 is 0.435 bits per heavy atom. The predicted molar refractivity (Wildman–Crippen MR) is 290 cm³/mol. The summed E-state index contributed by atoms with van der Waals surface area (Å²) in [4.78, 5) is 9.85. The molecule has 0 amide bonds. The van der Waals surface area contributed by atoms with Crippen LogP contribution in [-0.2, 0) is 16.2 Å². The number of fused-ring (bicyclic) bond motifs is 3. The van der Waals surface area contributed by atoms with Gasteiger partial charge in [-0.2, -0.15) is 0 Å². The lowest BCUT2D eigenvalue weighted by molar-refractivity contribution is 0.483. The molecule has 0 atom stereocenters. The first-order valence-corrected chi connectivity index (χ1v) is 24.4. The first-order valence-electron chi connectivity index (χ1n) is 24.4. The zero-order chi connectivity index (χ0) is 48.3. The molecule has 0 radical (unpaired) electrons. The van der Waals surface area contributed by atoms with Gasteiger partial charge in [-0.1, -0.05) is 184 Å². The van der Waals surface area contributed by atoms with Gasteiger partial charge in [-0.25, -0.2) is 4.98 Å². The zero-order valence-corrected chi connectivity index (χ0v) is 41.9. The van der Waals surface area contributed by atoms with E-state index in [0.717, 1.165) is 50.6 Å². The molecular weight excluding hydrogens is 841 g/mol. The molecule has 0 saturated carbocycles. The molecule has 5 heteroatoms. The van der Waals surface area contributed by atoms with E-state index in [1.807, 2.05) is 6.20 Å². The van der Waals surface area contributed by atoms with Crippen LogP contribution >= 0.6 is 0 Å². The average molecular weight is 905 g/mol. The van der Waals surface area contributed by atoms with E-state index in [0.29, 0.717) is 6.67 Å². The summed E-state index contributed by atoms with van der Waals surface area (Å²) < 4.78 is 9.29. The van der Waals surface area contributed by atoms with E-state index in [4.69, 9.17) is 9.72 Å². The van der Waals surface area contributed by atoms with Gasteiger partial charge in [0.05, 0.1) is 17.7 Å². The van der Waals surface area contributed by atoms with Crippen molar-refractivity contribution in [2.24, 2.45) is 5.41 Å². The van der Waals surface area contributed by atoms with E-state index in [2.05, 4.69) is 272 Å². The summed E-state index contributed by atoms with van der Waals surface area (Å²) in [6, 6.07) is 65.8. The number of pyridine rings is 1. The van der Waals surface area contributed by atoms with Crippen molar-refractivity contribution in [3.63, 3.8) is 0 Å². The lowest BCUT2D eigenvalue weighted by Crippen LogP contribution is -2.32. The third-order valence-electron chi connectivity index (χ3n) is 14.3. The molecule has 0 N–H and O–H groups in total. The maximum atomic E-state index is 7.02. The van der Waals surface area contributed by atoms with Crippen LogP contribution in [0.4, 0.5) is 11.4 Å². The van der Waals surface area contributed by atoms with Gasteiger partial charge in [-0.05, 0) is 99.0 Å². The van der Waals surface area contributed by atoms with Crippen molar-refractivity contribution in [2.45, 2.75) is 85.5 Å². The molecule has 346 valence electrons. The molecule has 10 rings (SSSR count). The lowest BCUT2D eigenvalue weighted by Gasteiger charge is -2.35. The molecular formula is C64H64N4O. The minimum absolute atomic E-state index is 0.0209. The Morgan fingerprint density at radius 3 is 1.65 bits per heavy atom. The lowest BCUT2D eigenvalue weighted by atomic mass is 9.73. The summed E-state index contributed by atoms with van der Waals surface area (Å²) in [5, 5.41) is 2.34. The number of allylic oxidation sites excluding steroid dienone is 1. The first kappa shape index (κ1) is 45.4. The van der Waals surface area contributed by atoms with E-state index in [1.54, 1.807) is 0 Å². The van der Waals surface area contributed by atoms with E-state index >= 15 is 0 Å². The molecule has 0 saturated heterocycles.